The second kappa shape index (κ2) is 12.8. The number of rotatable bonds is 9. The van der Waals surface area contributed by atoms with Gasteiger partial charge in [-0.1, -0.05) is 30.3 Å². The zero-order chi connectivity index (χ0) is 18.5. The lowest BCUT2D eigenvalue weighted by Crippen LogP contribution is -2.40. The molecule has 0 atom stereocenters. The van der Waals surface area contributed by atoms with Gasteiger partial charge in [0.15, 0.2) is 0 Å². The topological polar surface area (TPSA) is 69.3 Å². The summed E-state index contributed by atoms with van der Waals surface area (Å²) in [5.74, 6) is 0. The molecule has 0 aromatic heterocycles. The van der Waals surface area contributed by atoms with Crippen LogP contribution in [0.2, 0.25) is 6.04 Å². The van der Waals surface area contributed by atoms with Crippen molar-refractivity contribution in [2.75, 3.05) is 53.1 Å². The highest BCUT2D eigenvalue weighted by atomic mass is 28.3. The fourth-order valence-electron chi connectivity index (χ4n) is 2.63. The van der Waals surface area contributed by atoms with E-state index in [9.17, 15) is 4.79 Å². The van der Waals surface area contributed by atoms with Crippen molar-refractivity contribution in [1.82, 2.24) is 10.2 Å². The first-order valence-corrected chi connectivity index (χ1v) is 10.9. The Hall–Kier alpha value is -1.45. The Balaban J connectivity index is 1.52. The highest BCUT2D eigenvalue weighted by Gasteiger charge is 2.18. The van der Waals surface area contributed by atoms with Gasteiger partial charge in [-0.2, -0.15) is 0 Å². The van der Waals surface area contributed by atoms with Crippen molar-refractivity contribution in [1.29, 1.82) is 0 Å². The third-order valence-electron chi connectivity index (χ3n) is 4.13. The van der Waals surface area contributed by atoms with Gasteiger partial charge in [-0.15, -0.1) is 0 Å². The smallest absolute Gasteiger partial charge is 0.407 e. The van der Waals surface area contributed by atoms with Gasteiger partial charge >= 0.3 is 15.4 Å². The molecule has 1 N–H and O–H groups in total. The molecule has 0 aliphatic carbocycles. The van der Waals surface area contributed by atoms with Gasteiger partial charge in [-0.3, -0.25) is 4.90 Å². The van der Waals surface area contributed by atoms with Crippen LogP contribution in [0.15, 0.2) is 30.3 Å². The van der Waals surface area contributed by atoms with E-state index in [4.69, 9.17) is 18.3 Å². The van der Waals surface area contributed by atoms with Crippen LogP contribution in [0, 0.1) is 0 Å². The van der Waals surface area contributed by atoms with E-state index in [1.165, 1.54) is 0 Å². The number of nitrogens with one attached hydrogen (secondary N) is 1. The second-order valence-electron chi connectivity index (χ2n) is 6.14. The lowest BCUT2D eigenvalue weighted by molar-refractivity contribution is 0.0870. The van der Waals surface area contributed by atoms with Crippen LogP contribution < -0.4 is 5.32 Å². The van der Waals surface area contributed by atoms with Crippen LogP contribution in [0.5, 0.6) is 0 Å². The number of benzene rings is 1. The molecular formula is C18H30N2O5Si. The fourth-order valence-corrected chi connectivity index (χ4v) is 4.33. The molecule has 0 unspecified atom stereocenters. The van der Waals surface area contributed by atoms with Crippen molar-refractivity contribution in [3.05, 3.63) is 35.9 Å². The van der Waals surface area contributed by atoms with Crippen LogP contribution in [0.1, 0.15) is 12.0 Å². The highest BCUT2D eigenvalue weighted by Crippen LogP contribution is 2.05. The van der Waals surface area contributed by atoms with Crippen molar-refractivity contribution >= 4 is 15.4 Å². The summed E-state index contributed by atoms with van der Waals surface area (Å²) < 4.78 is 22.1. The Bertz CT molecular complexity index is 496. The second-order valence-corrected chi connectivity index (χ2v) is 8.24. The largest absolute Gasteiger partial charge is 0.445 e. The van der Waals surface area contributed by atoms with Crippen LogP contribution in [0.3, 0.4) is 0 Å². The van der Waals surface area contributed by atoms with Crippen LogP contribution in [0.4, 0.5) is 4.79 Å². The number of hydrogen-bond donors (Lipinski definition) is 1. The summed E-state index contributed by atoms with van der Waals surface area (Å²) in [6.45, 7) is 5.73. The molecule has 8 heteroatoms. The number of hydrogen-bond acceptors (Lipinski definition) is 6. The van der Waals surface area contributed by atoms with Crippen molar-refractivity contribution in [2.45, 2.75) is 19.1 Å². The van der Waals surface area contributed by atoms with Gasteiger partial charge in [0.1, 0.15) is 6.61 Å². The van der Waals surface area contributed by atoms with Crippen molar-refractivity contribution < 1.29 is 23.1 Å². The highest BCUT2D eigenvalue weighted by molar-refractivity contribution is 6.44. The van der Waals surface area contributed by atoms with Crippen molar-refractivity contribution in [2.24, 2.45) is 0 Å². The van der Waals surface area contributed by atoms with E-state index < -0.39 is 9.28 Å². The first-order valence-electron chi connectivity index (χ1n) is 9.17. The quantitative estimate of drug-likeness (QED) is 0.516. The molecule has 26 heavy (non-hydrogen) atoms. The predicted octanol–water partition coefficient (Wildman–Crippen LogP) is 1.52. The fraction of sp³-hybridized carbons (Fsp3) is 0.611. The zero-order valence-electron chi connectivity index (χ0n) is 15.5. The average molecular weight is 383 g/mol. The van der Waals surface area contributed by atoms with E-state index in [-0.39, 0.29) is 12.7 Å². The van der Waals surface area contributed by atoms with E-state index in [2.05, 4.69) is 10.2 Å². The maximum Gasteiger partial charge on any atom is 0.407 e. The van der Waals surface area contributed by atoms with Crippen LogP contribution in [-0.4, -0.2) is 73.4 Å². The lowest BCUT2D eigenvalue weighted by Gasteiger charge is -2.27. The molecule has 1 aliphatic rings. The Morgan fingerprint density at radius 3 is 2.65 bits per heavy atom. The summed E-state index contributed by atoms with van der Waals surface area (Å²) >= 11 is 0. The average Bonchev–Trinajstić information content (AvgIpc) is 2.65. The maximum atomic E-state index is 11.7. The third kappa shape index (κ3) is 8.77. The Morgan fingerprint density at radius 2 is 1.96 bits per heavy atom. The molecule has 1 heterocycles. The summed E-state index contributed by atoms with van der Waals surface area (Å²) in [4.78, 5) is 14.0. The minimum absolute atomic E-state index is 0.288. The van der Waals surface area contributed by atoms with Crippen molar-refractivity contribution in [3.63, 3.8) is 0 Å². The summed E-state index contributed by atoms with van der Waals surface area (Å²) in [5.41, 5.74) is 0.978. The third-order valence-corrected chi connectivity index (χ3v) is 6.23. The lowest BCUT2D eigenvalue weighted by atomic mass is 10.2. The number of ether oxygens (including phenoxy) is 2. The summed E-state index contributed by atoms with van der Waals surface area (Å²) in [5, 5.41) is 2.78. The monoisotopic (exact) mass is 382 g/mol. The SMILES string of the molecule is COCCN1CCO[SiH](CCCNC(=O)OCc2ccccc2)OCC1. The Kier molecular flexibility index (Phi) is 10.3. The molecule has 2 rings (SSSR count). The zero-order valence-corrected chi connectivity index (χ0v) is 16.7. The van der Waals surface area contributed by atoms with E-state index in [0.29, 0.717) is 19.8 Å². The number of carbonyl (C=O) groups excluding carboxylic acids is 1. The van der Waals surface area contributed by atoms with Crippen LogP contribution >= 0.6 is 0 Å². The molecule has 146 valence electrons. The molecule has 1 aromatic carbocycles. The summed E-state index contributed by atoms with van der Waals surface area (Å²) in [7, 11) is 0.0809. The minimum atomic E-state index is -1.63. The van der Waals surface area contributed by atoms with Gasteiger partial charge in [0, 0.05) is 46.5 Å². The van der Waals surface area contributed by atoms with E-state index >= 15 is 0 Å². The standard InChI is InChI=1S/C18H30N2O5Si/c1-22-12-9-20-10-13-24-26(25-14-11-20)15-5-8-19-18(21)23-16-17-6-3-2-4-7-17/h2-4,6-7,26H,5,8-16H2,1H3,(H,19,21). The number of nitrogens with zero attached hydrogens (tertiary/aromatic N) is 1. The molecule has 1 aromatic rings. The van der Waals surface area contributed by atoms with Crippen LogP contribution in [-0.2, 0) is 24.9 Å². The first kappa shape index (κ1) is 20.9. The number of carbonyl (C=O) groups is 1. The predicted molar refractivity (Wildman–Crippen MR) is 101 cm³/mol. The molecule has 0 spiro atoms. The number of methoxy groups -OCH3 is 1. The molecule has 1 fully saturated rings. The molecular weight excluding hydrogens is 352 g/mol. The molecule has 1 saturated heterocycles. The summed E-state index contributed by atoms with van der Waals surface area (Å²) in [6.07, 6.45) is 0.453. The van der Waals surface area contributed by atoms with E-state index in [0.717, 1.165) is 44.3 Å². The van der Waals surface area contributed by atoms with Gasteiger partial charge in [-0.05, 0) is 18.0 Å². The van der Waals surface area contributed by atoms with Crippen molar-refractivity contribution in [3.8, 4) is 0 Å². The van der Waals surface area contributed by atoms with Gasteiger partial charge in [0.2, 0.25) is 0 Å². The molecule has 1 aliphatic heterocycles. The molecule has 1 amide bonds. The molecule has 0 bridgehead atoms. The number of alkyl carbamates (subject to hydrolysis) is 1. The van der Waals surface area contributed by atoms with Crippen LogP contribution in [0.25, 0.3) is 0 Å². The van der Waals surface area contributed by atoms with Gasteiger partial charge in [0.25, 0.3) is 0 Å². The van der Waals surface area contributed by atoms with E-state index in [1.54, 1.807) is 7.11 Å². The summed E-state index contributed by atoms with van der Waals surface area (Å²) in [6, 6.07) is 10.5. The Morgan fingerprint density at radius 1 is 1.23 bits per heavy atom. The van der Waals surface area contributed by atoms with E-state index in [1.807, 2.05) is 30.3 Å². The normalized spacial score (nSPS) is 16.7. The molecule has 7 nitrogen and oxygen atoms in total. The molecule has 0 radical (unpaired) electrons. The maximum absolute atomic E-state index is 11.7. The molecule has 0 saturated carbocycles. The Labute approximate surface area is 157 Å². The van der Waals surface area contributed by atoms with Gasteiger partial charge in [-0.25, -0.2) is 4.79 Å². The number of amides is 1. The van der Waals surface area contributed by atoms with Gasteiger partial charge < -0.3 is 23.6 Å². The minimum Gasteiger partial charge on any atom is -0.445 e. The first-order chi connectivity index (χ1) is 12.8. The van der Waals surface area contributed by atoms with Gasteiger partial charge in [0.05, 0.1) is 6.61 Å².